The van der Waals surface area contributed by atoms with Gasteiger partial charge in [0, 0.05) is 43.7 Å². The number of halogens is 1. The van der Waals surface area contributed by atoms with Gasteiger partial charge in [-0.3, -0.25) is 9.59 Å². The van der Waals surface area contributed by atoms with E-state index >= 15 is 0 Å². The lowest BCUT2D eigenvalue weighted by Crippen LogP contribution is -2.53. The van der Waals surface area contributed by atoms with Gasteiger partial charge in [-0.25, -0.2) is 4.39 Å². The van der Waals surface area contributed by atoms with Gasteiger partial charge >= 0.3 is 0 Å². The number of anilines is 1. The quantitative estimate of drug-likeness (QED) is 0.845. The van der Waals surface area contributed by atoms with Crippen LogP contribution in [0.25, 0.3) is 0 Å². The van der Waals surface area contributed by atoms with E-state index in [1.807, 2.05) is 4.90 Å². The van der Waals surface area contributed by atoms with Crippen LogP contribution in [0.15, 0.2) is 24.3 Å². The molecule has 1 N–H and O–H groups in total. The number of hydrogen-bond donors (Lipinski definition) is 1. The Kier molecular flexibility index (Phi) is 5.44. The maximum absolute atomic E-state index is 13.2. The van der Waals surface area contributed by atoms with Crippen molar-refractivity contribution in [3.63, 3.8) is 0 Å². The van der Waals surface area contributed by atoms with Crippen LogP contribution in [0.2, 0.25) is 0 Å². The number of nitrogens with zero attached hydrogens (tertiary/aromatic N) is 3. The fourth-order valence-corrected chi connectivity index (χ4v) is 4.53. The highest BCUT2D eigenvalue weighted by atomic mass is 19.1. The van der Waals surface area contributed by atoms with Crippen molar-refractivity contribution < 1.29 is 14.0 Å². The number of nitriles is 1. The smallest absolute Gasteiger partial charge is 0.226 e. The van der Waals surface area contributed by atoms with Crippen LogP contribution in [-0.2, 0) is 9.59 Å². The minimum Gasteiger partial charge on any atom is -0.368 e. The molecule has 1 aliphatic heterocycles. The van der Waals surface area contributed by atoms with E-state index < -0.39 is 5.54 Å². The summed E-state index contributed by atoms with van der Waals surface area (Å²) in [5.74, 6) is -0.959. The molecule has 3 aliphatic rings. The molecule has 2 amide bonds. The van der Waals surface area contributed by atoms with Gasteiger partial charge in [0.15, 0.2) is 0 Å². The van der Waals surface area contributed by atoms with E-state index in [1.54, 1.807) is 12.1 Å². The average molecular weight is 398 g/mol. The minimum atomic E-state index is -0.692. The van der Waals surface area contributed by atoms with Crippen molar-refractivity contribution in [2.45, 2.75) is 44.1 Å². The van der Waals surface area contributed by atoms with Gasteiger partial charge in [-0.15, -0.1) is 0 Å². The Labute approximate surface area is 170 Å². The first kappa shape index (κ1) is 19.7. The van der Waals surface area contributed by atoms with Crippen LogP contribution >= 0.6 is 0 Å². The molecule has 0 spiro atoms. The number of rotatable bonds is 4. The van der Waals surface area contributed by atoms with Crippen molar-refractivity contribution >= 4 is 17.5 Å². The first-order chi connectivity index (χ1) is 14.0. The third-order valence-corrected chi connectivity index (χ3v) is 6.53. The number of carbonyl (C=O) groups is 2. The summed E-state index contributed by atoms with van der Waals surface area (Å²) in [4.78, 5) is 30.0. The molecule has 154 valence electrons. The summed E-state index contributed by atoms with van der Waals surface area (Å²) >= 11 is 0. The van der Waals surface area contributed by atoms with Crippen molar-refractivity contribution in [1.82, 2.24) is 10.2 Å². The Hall–Kier alpha value is -2.62. The zero-order chi connectivity index (χ0) is 20.4. The summed E-state index contributed by atoms with van der Waals surface area (Å²) in [7, 11) is 0. The van der Waals surface area contributed by atoms with Gasteiger partial charge in [-0.05, 0) is 49.9 Å². The van der Waals surface area contributed by atoms with Crippen LogP contribution in [0, 0.1) is 29.0 Å². The van der Waals surface area contributed by atoms with Gasteiger partial charge in [-0.2, -0.15) is 5.26 Å². The van der Waals surface area contributed by atoms with Crippen LogP contribution in [-0.4, -0.2) is 48.4 Å². The second-order valence-corrected chi connectivity index (χ2v) is 8.47. The molecule has 2 saturated carbocycles. The molecule has 7 heteroatoms. The molecule has 1 aromatic rings. The second kappa shape index (κ2) is 8.02. The molecule has 29 heavy (non-hydrogen) atoms. The van der Waals surface area contributed by atoms with Crippen LogP contribution in [0.5, 0.6) is 0 Å². The Bertz CT molecular complexity index is 807. The van der Waals surface area contributed by atoms with Gasteiger partial charge in [0.05, 0.1) is 6.07 Å². The lowest BCUT2D eigenvalue weighted by Gasteiger charge is -2.39. The van der Waals surface area contributed by atoms with E-state index in [9.17, 15) is 19.2 Å². The van der Waals surface area contributed by atoms with Gasteiger partial charge in [0.1, 0.15) is 11.4 Å². The third-order valence-electron chi connectivity index (χ3n) is 6.53. The molecule has 0 bridgehead atoms. The number of carbonyl (C=O) groups excluding carboxylic acids is 2. The average Bonchev–Trinajstić information content (AvgIpc) is 3.54. The predicted octanol–water partition coefficient (Wildman–Crippen LogP) is 2.45. The first-order valence-corrected chi connectivity index (χ1v) is 10.5. The highest BCUT2D eigenvalue weighted by Gasteiger charge is 2.47. The minimum absolute atomic E-state index is 0.0606. The molecule has 1 aromatic carbocycles. The van der Waals surface area contributed by atoms with E-state index in [0.717, 1.165) is 24.9 Å². The zero-order valence-corrected chi connectivity index (χ0v) is 16.6. The van der Waals surface area contributed by atoms with Crippen molar-refractivity contribution in [2.75, 3.05) is 31.1 Å². The zero-order valence-electron chi connectivity index (χ0n) is 16.6. The lowest BCUT2D eigenvalue weighted by atomic mass is 9.77. The summed E-state index contributed by atoms with van der Waals surface area (Å²) in [6.45, 7) is 2.59. The Morgan fingerprint density at radius 2 is 1.66 bits per heavy atom. The number of benzene rings is 1. The van der Waals surface area contributed by atoms with Crippen molar-refractivity contribution in [3.05, 3.63) is 30.1 Å². The summed E-state index contributed by atoms with van der Waals surface area (Å²) in [6, 6.07) is 8.62. The second-order valence-electron chi connectivity index (χ2n) is 8.47. The lowest BCUT2D eigenvalue weighted by molar-refractivity contribution is -0.144. The maximum Gasteiger partial charge on any atom is 0.226 e. The topological polar surface area (TPSA) is 76.4 Å². The molecular formula is C22H27FN4O2. The van der Waals surface area contributed by atoms with Gasteiger partial charge in [0.25, 0.3) is 0 Å². The van der Waals surface area contributed by atoms with Crippen molar-refractivity contribution in [1.29, 1.82) is 5.26 Å². The molecule has 2 aliphatic carbocycles. The fourth-order valence-electron chi connectivity index (χ4n) is 4.53. The Morgan fingerprint density at radius 1 is 1.03 bits per heavy atom. The number of nitrogens with one attached hydrogen (secondary N) is 1. The van der Waals surface area contributed by atoms with E-state index in [-0.39, 0.29) is 29.5 Å². The molecule has 2 atom stereocenters. The largest absolute Gasteiger partial charge is 0.368 e. The predicted molar refractivity (Wildman–Crippen MR) is 106 cm³/mol. The molecule has 0 aromatic heterocycles. The van der Waals surface area contributed by atoms with Crippen molar-refractivity contribution in [2.24, 2.45) is 11.8 Å². The Morgan fingerprint density at radius 3 is 2.24 bits per heavy atom. The highest BCUT2D eigenvalue weighted by Crippen LogP contribution is 2.37. The number of amides is 2. The van der Waals surface area contributed by atoms with Crippen LogP contribution in [0.4, 0.5) is 10.1 Å². The van der Waals surface area contributed by atoms with Crippen molar-refractivity contribution in [3.8, 4) is 6.07 Å². The molecule has 0 unspecified atom stereocenters. The summed E-state index contributed by atoms with van der Waals surface area (Å²) < 4.78 is 13.1. The molecular weight excluding hydrogens is 371 g/mol. The molecule has 1 saturated heterocycles. The van der Waals surface area contributed by atoms with E-state index in [4.69, 9.17) is 0 Å². The summed E-state index contributed by atoms with van der Waals surface area (Å²) in [6.07, 6.45) is 4.74. The molecule has 4 rings (SSSR count). The SMILES string of the molecule is N#CC1(NC(=O)[C@@H]2CCCC[C@H]2C(=O)N2CCN(c3ccc(F)cc3)CC2)CC1. The summed E-state index contributed by atoms with van der Waals surface area (Å²) in [5, 5.41) is 12.1. The normalized spacial score (nSPS) is 25.8. The number of piperazine rings is 1. The van der Waals surface area contributed by atoms with Gasteiger partial charge < -0.3 is 15.1 Å². The van der Waals surface area contributed by atoms with E-state index in [0.29, 0.717) is 45.4 Å². The van der Waals surface area contributed by atoms with Crippen LogP contribution in [0.1, 0.15) is 38.5 Å². The molecule has 3 fully saturated rings. The first-order valence-electron chi connectivity index (χ1n) is 10.5. The van der Waals surface area contributed by atoms with Gasteiger partial charge in [-0.1, -0.05) is 12.8 Å². The summed E-state index contributed by atoms with van der Waals surface area (Å²) in [5.41, 5.74) is 0.266. The Balaban J connectivity index is 1.37. The van der Waals surface area contributed by atoms with Crippen LogP contribution in [0.3, 0.4) is 0 Å². The highest BCUT2D eigenvalue weighted by molar-refractivity contribution is 5.88. The molecule has 6 nitrogen and oxygen atoms in total. The fraction of sp³-hybridized carbons (Fsp3) is 0.591. The maximum atomic E-state index is 13.2. The molecule has 1 heterocycles. The van der Waals surface area contributed by atoms with E-state index in [2.05, 4.69) is 16.3 Å². The monoisotopic (exact) mass is 398 g/mol. The molecule has 0 radical (unpaired) electrons. The van der Waals surface area contributed by atoms with E-state index in [1.165, 1.54) is 12.1 Å². The van der Waals surface area contributed by atoms with Gasteiger partial charge in [0.2, 0.25) is 11.8 Å². The van der Waals surface area contributed by atoms with Crippen LogP contribution < -0.4 is 10.2 Å². The third kappa shape index (κ3) is 4.21. The number of hydrogen-bond acceptors (Lipinski definition) is 4. The standard InChI is InChI=1S/C22H27FN4O2/c23-16-5-7-17(8-6-16)26-11-13-27(14-12-26)21(29)19-4-2-1-3-18(19)20(28)25-22(15-24)9-10-22/h5-8,18-19H,1-4,9-14H2,(H,25,28)/t18-,19-/m1/s1.